The van der Waals surface area contributed by atoms with E-state index in [1.54, 1.807) is 19.2 Å². The first-order valence-electron chi connectivity index (χ1n) is 7.17. The number of aromatic nitrogens is 1. The Bertz CT molecular complexity index is 596. The summed E-state index contributed by atoms with van der Waals surface area (Å²) in [6.07, 6.45) is 1.90. The van der Waals surface area contributed by atoms with Gasteiger partial charge in [0.1, 0.15) is 5.82 Å². The van der Waals surface area contributed by atoms with E-state index in [4.69, 9.17) is 0 Å². The number of amides is 1. The van der Waals surface area contributed by atoms with E-state index in [0.717, 1.165) is 18.5 Å². The van der Waals surface area contributed by atoms with Crippen molar-refractivity contribution in [2.75, 3.05) is 18.9 Å². The van der Waals surface area contributed by atoms with E-state index in [9.17, 15) is 4.79 Å². The molecule has 0 saturated heterocycles. The third-order valence-electron chi connectivity index (χ3n) is 3.24. The summed E-state index contributed by atoms with van der Waals surface area (Å²) in [5.41, 5.74) is 2.77. The summed E-state index contributed by atoms with van der Waals surface area (Å²) >= 11 is 0. The predicted molar refractivity (Wildman–Crippen MR) is 85.6 cm³/mol. The molecule has 0 aliphatic rings. The molecule has 0 aliphatic heterocycles. The fourth-order valence-corrected chi connectivity index (χ4v) is 2.17. The van der Waals surface area contributed by atoms with Crippen LogP contribution in [0, 0.1) is 6.92 Å². The Morgan fingerprint density at radius 1 is 1.19 bits per heavy atom. The Labute approximate surface area is 125 Å². The molecule has 0 fully saturated rings. The summed E-state index contributed by atoms with van der Waals surface area (Å²) < 4.78 is 0. The second-order valence-electron chi connectivity index (χ2n) is 4.98. The largest absolute Gasteiger partial charge is 0.373 e. The zero-order chi connectivity index (χ0) is 15.1. The molecule has 0 spiro atoms. The number of carbonyl (C=O) groups is 1. The fourth-order valence-electron chi connectivity index (χ4n) is 2.17. The maximum absolute atomic E-state index is 12.1. The maximum Gasteiger partial charge on any atom is 0.251 e. The van der Waals surface area contributed by atoms with Crippen LogP contribution in [0.5, 0.6) is 0 Å². The molecule has 2 aromatic rings. The number of nitrogens with one attached hydrogen (secondary N) is 2. The van der Waals surface area contributed by atoms with Crippen LogP contribution in [0.4, 0.5) is 5.82 Å². The van der Waals surface area contributed by atoms with Gasteiger partial charge in [0.2, 0.25) is 0 Å². The van der Waals surface area contributed by atoms with Gasteiger partial charge in [-0.15, -0.1) is 0 Å². The fraction of sp³-hybridized carbons (Fsp3) is 0.294. The quantitative estimate of drug-likeness (QED) is 0.802. The third-order valence-corrected chi connectivity index (χ3v) is 3.24. The number of anilines is 1. The van der Waals surface area contributed by atoms with Crippen LogP contribution in [0.15, 0.2) is 42.5 Å². The highest BCUT2D eigenvalue weighted by Crippen LogP contribution is 2.09. The number of hydrogen-bond donors (Lipinski definition) is 2. The molecule has 0 radical (unpaired) electrons. The molecule has 1 amide bonds. The number of aryl methyl sites for hydroxylation is 2. The normalized spacial score (nSPS) is 10.2. The minimum atomic E-state index is -0.0509. The van der Waals surface area contributed by atoms with Gasteiger partial charge in [0.15, 0.2) is 0 Å². The van der Waals surface area contributed by atoms with Crippen molar-refractivity contribution in [3.8, 4) is 0 Å². The highest BCUT2D eigenvalue weighted by Gasteiger charge is 2.07. The van der Waals surface area contributed by atoms with Crippen molar-refractivity contribution in [3.05, 3.63) is 59.3 Å². The molecule has 1 heterocycles. The lowest BCUT2D eigenvalue weighted by Gasteiger charge is -2.08. The van der Waals surface area contributed by atoms with Gasteiger partial charge in [-0.2, -0.15) is 0 Å². The summed E-state index contributed by atoms with van der Waals surface area (Å²) in [5, 5.41) is 5.91. The van der Waals surface area contributed by atoms with E-state index in [2.05, 4.69) is 27.8 Å². The van der Waals surface area contributed by atoms with Gasteiger partial charge in [0.05, 0.1) is 0 Å². The summed E-state index contributed by atoms with van der Waals surface area (Å²) in [5.74, 6) is 0.662. The first-order chi connectivity index (χ1) is 10.2. The summed E-state index contributed by atoms with van der Waals surface area (Å²) in [6.45, 7) is 2.55. The summed E-state index contributed by atoms with van der Waals surface area (Å²) in [6, 6.07) is 13.9. The number of hydrogen-bond acceptors (Lipinski definition) is 3. The van der Waals surface area contributed by atoms with E-state index in [0.29, 0.717) is 17.9 Å². The zero-order valence-electron chi connectivity index (χ0n) is 12.5. The second kappa shape index (κ2) is 7.43. The minimum absolute atomic E-state index is 0.0509. The van der Waals surface area contributed by atoms with E-state index in [1.165, 1.54) is 5.56 Å². The third kappa shape index (κ3) is 4.60. The van der Waals surface area contributed by atoms with E-state index >= 15 is 0 Å². The van der Waals surface area contributed by atoms with Crippen LogP contribution in [-0.4, -0.2) is 24.5 Å². The first kappa shape index (κ1) is 15.0. The van der Waals surface area contributed by atoms with Gasteiger partial charge in [-0.3, -0.25) is 4.79 Å². The van der Waals surface area contributed by atoms with E-state index < -0.39 is 0 Å². The van der Waals surface area contributed by atoms with E-state index in [-0.39, 0.29) is 5.91 Å². The average molecular weight is 283 g/mol. The molecule has 4 nitrogen and oxygen atoms in total. The van der Waals surface area contributed by atoms with Crippen LogP contribution in [0.1, 0.15) is 28.0 Å². The molecule has 0 unspecified atom stereocenters. The highest BCUT2D eigenvalue weighted by atomic mass is 16.1. The number of pyridine rings is 1. The monoisotopic (exact) mass is 283 g/mol. The first-order valence-corrected chi connectivity index (χ1v) is 7.17. The lowest BCUT2D eigenvalue weighted by molar-refractivity contribution is 0.0953. The maximum atomic E-state index is 12.1. The van der Waals surface area contributed by atoms with Crippen molar-refractivity contribution in [2.24, 2.45) is 0 Å². The van der Waals surface area contributed by atoms with Gasteiger partial charge in [-0.1, -0.05) is 30.3 Å². The molecule has 110 valence electrons. The van der Waals surface area contributed by atoms with Gasteiger partial charge in [-0.25, -0.2) is 4.98 Å². The standard InChI is InChI=1S/C17H21N3O/c1-13-11-15(12-16(18-2)20-13)17(21)19-10-6-9-14-7-4-3-5-8-14/h3-5,7-8,11-12H,6,9-10H2,1-2H3,(H,18,20)(H,19,21). The Kier molecular flexibility index (Phi) is 5.32. The van der Waals surface area contributed by atoms with Crippen LogP contribution < -0.4 is 10.6 Å². The summed E-state index contributed by atoms with van der Waals surface area (Å²) in [4.78, 5) is 16.4. The van der Waals surface area contributed by atoms with Crippen molar-refractivity contribution in [3.63, 3.8) is 0 Å². The molecular weight excluding hydrogens is 262 g/mol. The van der Waals surface area contributed by atoms with Gasteiger partial charge >= 0.3 is 0 Å². The Morgan fingerprint density at radius 2 is 1.95 bits per heavy atom. The van der Waals surface area contributed by atoms with Crippen molar-refractivity contribution >= 4 is 11.7 Å². The van der Waals surface area contributed by atoms with E-state index in [1.807, 2.05) is 25.1 Å². The van der Waals surface area contributed by atoms with Crippen LogP contribution >= 0.6 is 0 Å². The summed E-state index contributed by atoms with van der Waals surface area (Å²) in [7, 11) is 1.79. The average Bonchev–Trinajstić information content (AvgIpc) is 2.51. The number of rotatable bonds is 6. The molecule has 0 atom stereocenters. The number of nitrogens with zero attached hydrogens (tertiary/aromatic N) is 1. The van der Waals surface area contributed by atoms with Gasteiger partial charge in [0, 0.05) is 24.8 Å². The predicted octanol–water partition coefficient (Wildman–Crippen LogP) is 2.79. The van der Waals surface area contributed by atoms with Gasteiger partial charge < -0.3 is 10.6 Å². The van der Waals surface area contributed by atoms with Crippen molar-refractivity contribution in [2.45, 2.75) is 19.8 Å². The molecule has 1 aromatic carbocycles. The zero-order valence-corrected chi connectivity index (χ0v) is 12.5. The molecule has 0 bridgehead atoms. The second-order valence-corrected chi connectivity index (χ2v) is 4.98. The molecule has 2 N–H and O–H groups in total. The number of benzene rings is 1. The highest BCUT2D eigenvalue weighted by molar-refractivity contribution is 5.94. The van der Waals surface area contributed by atoms with Crippen LogP contribution in [-0.2, 0) is 6.42 Å². The minimum Gasteiger partial charge on any atom is -0.373 e. The Balaban J connectivity index is 1.83. The lowest BCUT2D eigenvalue weighted by atomic mass is 10.1. The molecular formula is C17H21N3O. The molecule has 0 aliphatic carbocycles. The van der Waals surface area contributed by atoms with Crippen molar-refractivity contribution in [1.82, 2.24) is 10.3 Å². The lowest BCUT2D eigenvalue weighted by Crippen LogP contribution is -2.25. The van der Waals surface area contributed by atoms with Gasteiger partial charge in [0.25, 0.3) is 5.91 Å². The van der Waals surface area contributed by atoms with Crippen molar-refractivity contribution < 1.29 is 4.79 Å². The molecule has 1 aromatic heterocycles. The van der Waals surface area contributed by atoms with Crippen LogP contribution in [0.2, 0.25) is 0 Å². The molecule has 4 heteroatoms. The van der Waals surface area contributed by atoms with Crippen LogP contribution in [0.25, 0.3) is 0 Å². The topological polar surface area (TPSA) is 54.0 Å². The molecule has 2 rings (SSSR count). The Hall–Kier alpha value is -2.36. The smallest absolute Gasteiger partial charge is 0.251 e. The van der Waals surface area contributed by atoms with Crippen molar-refractivity contribution in [1.29, 1.82) is 0 Å². The molecule has 0 saturated carbocycles. The SMILES string of the molecule is CNc1cc(C(=O)NCCCc2ccccc2)cc(C)n1. The number of carbonyl (C=O) groups excluding carboxylic acids is 1. The van der Waals surface area contributed by atoms with Gasteiger partial charge in [-0.05, 0) is 37.5 Å². The molecule has 21 heavy (non-hydrogen) atoms. The van der Waals surface area contributed by atoms with Crippen LogP contribution in [0.3, 0.4) is 0 Å². The Morgan fingerprint density at radius 3 is 2.67 bits per heavy atom.